The van der Waals surface area contributed by atoms with Gasteiger partial charge in [-0.15, -0.1) is 0 Å². The van der Waals surface area contributed by atoms with Crippen LogP contribution >= 0.6 is 23.2 Å². The first kappa shape index (κ1) is 84.5. The van der Waals surface area contributed by atoms with Crippen molar-refractivity contribution in [2.24, 2.45) is 37.4 Å². The maximum atomic E-state index is 15.6. The maximum absolute atomic E-state index is 15.6. The first-order valence-electron chi connectivity index (χ1n) is 36.2. The van der Waals surface area contributed by atoms with Crippen LogP contribution in [0.4, 0.5) is 60.1 Å². The number of nitrogens with two attached hydrogens (primary N) is 2. The number of hydrogen-bond acceptors (Lipinski definition) is 15. The molecule has 0 spiro atoms. The van der Waals surface area contributed by atoms with Gasteiger partial charge >= 0.3 is 18.4 Å². The summed E-state index contributed by atoms with van der Waals surface area (Å²) in [4.78, 5) is 131. The minimum Gasteiger partial charge on any atom is -0.444 e. The highest BCUT2D eigenvalue weighted by atomic mass is 35.5. The number of halogens is 12. The molecule has 8 aromatic rings. The van der Waals surface area contributed by atoms with Crippen LogP contribution in [-0.4, -0.2) is 201 Å². The minimum absolute atomic E-state index is 0.0113. The number of ether oxygens (including phenoxy) is 1. The summed E-state index contributed by atoms with van der Waals surface area (Å²) < 4.78 is 154. The van der Waals surface area contributed by atoms with Gasteiger partial charge in [-0.3, -0.25) is 47.7 Å². The van der Waals surface area contributed by atoms with Gasteiger partial charge in [-0.2, -0.15) is 36.5 Å². The molecule has 4 aromatic heterocycles. The molecular formula is C75H78Cl2F10N18O10. The third kappa shape index (κ3) is 19.4. The molecule has 4 saturated heterocycles. The topological polar surface area (TPSA) is 338 Å². The summed E-state index contributed by atoms with van der Waals surface area (Å²) in [6.07, 6.45) is -4.63. The summed E-state index contributed by atoms with van der Waals surface area (Å²) in [5.41, 5.74) is 3.44. The van der Waals surface area contributed by atoms with Crippen LogP contribution in [0.5, 0.6) is 0 Å². The van der Waals surface area contributed by atoms with Crippen molar-refractivity contribution >= 4 is 87.9 Å². The van der Waals surface area contributed by atoms with E-state index < -0.39 is 110 Å². The molecule has 4 aliphatic heterocycles. The van der Waals surface area contributed by atoms with Crippen molar-refractivity contribution in [2.45, 2.75) is 90.3 Å². The second-order valence-electron chi connectivity index (χ2n) is 28.7. The lowest BCUT2D eigenvalue weighted by Crippen LogP contribution is -2.53. The number of carbonyl (C=O) groups is 9. The van der Waals surface area contributed by atoms with E-state index in [0.29, 0.717) is 65.2 Å². The van der Waals surface area contributed by atoms with E-state index in [-0.39, 0.29) is 136 Å². The molecule has 612 valence electrons. The van der Waals surface area contributed by atoms with Crippen molar-refractivity contribution < 1.29 is 91.8 Å². The lowest BCUT2D eigenvalue weighted by Gasteiger charge is -2.38. The van der Waals surface area contributed by atoms with Gasteiger partial charge in [0.1, 0.15) is 5.60 Å². The Morgan fingerprint density at radius 3 is 1.21 bits per heavy atom. The van der Waals surface area contributed by atoms with Gasteiger partial charge < -0.3 is 65.8 Å². The van der Waals surface area contributed by atoms with Gasteiger partial charge in [-0.05, 0) is 108 Å². The van der Waals surface area contributed by atoms with Crippen LogP contribution in [0.25, 0.3) is 44.8 Å². The zero-order valence-electron chi connectivity index (χ0n) is 62.5. The Morgan fingerprint density at radius 1 is 0.496 bits per heavy atom. The second kappa shape index (κ2) is 34.7. The molecule has 4 aromatic carbocycles. The summed E-state index contributed by atoms with van der Waals surface area (Å²) in [6.45, 7) is 9.88. The zero-order chi connectivity index (χ0) is 83.4. The van der Waals surface area contributed by atoms with Crippen LogP contribution in [0.15, 0.2) is 85.5 Å². The van der Waals surface area contributed by atoms with Gasteiger partial charge in [-0.1, -0.05) is 35.3 Å². The number of piperazine rings is 2. The smallest absolute Gasteiger partial charge is 0.435 e. The summed E-state index contributed by atoms with van der Waals surface area (Å²) in [5, 5.41) is 15.4. The first-order chi connectivity index (χ1) is 54.3. The summed E-state index contributed by atoms with van der Waals surface area (Å²) in [5.74, 6) is -10.7. The van der Waals surface area contributed by atoms with Gasteiger partial charge in [0, 0.05) is 174 Å². The van der Waals surface area contributed by atoms with Crippen molar-refractivity contribution in [2.75, 3.05) is 89.2 Å². The number of carbonyl (C=O) groups excluding carboxylic acids is 9. The number of amides is 9. The first-order valence-corrected chi connectivity index (χ1v) is 37.0. The number of aromatic nitrogens is 8. The number of likely N-dealkylation sites (tertiary alicyclic amines) is 1. The SMILES string of the molecule is Cn1c(-c2ccc(-c3cn(CCC(N)=O)nc3C(F)(F)F)c(F)c2F)cnc1C(=O)Nc1ccc(C(=O)N2CCN(C(=O)C3CCN(C(=O)OC(C)(C)C)CC3)CC2)c(Cl)c1.Cn1c(-c2ccc(-c3cn(CCC(N)=O)nc3C(F)(F)F)c(F)c2F)cnc1C(=O)Nc1ccc(C(=O)N2CCN(C(=O)C3CCNCC3)CC2)c(Cl)c1. The molecule has 0 saturated carbocycles. The largest absolute Gasteiger partial charge is 0.444 e. The molecule has 12 rings (SSSR count). The van der Waals surface area contributed by atoms with Crippen LogP contribution in [-0.2, 0) is 63.5 Å². The number of hydrogen-bond donors (Lipinski definition) is 5. The van der Waals surface area contributed by atoms with Crippen LogP contribution < -0.4 is 27.4 Å². The van der Waals surface area contributed by atoms with E-state index in [9.17, 15) is 69.5 Å². The normalized spacial score (nSPS) is 15.3. The Bertz CT molecular complexity index is 5080. The third-order valence-corrected chi connectivity index (χ3v) is 20.4. The predicted octanol–water partition coefficient (Wildman–Crippen LogP) is 10.3. The molecule has 4 aliphatic rings. The molecule has 0 bridgehead atoms. The average Bonchev–Trinajstić information content (AvgIpc) is 1.63. The van der Waals surface area contributed by atoms with Gasteiger partial charge in [0.2, 0.25) is 23.6 Å². The molecule has 115 heavy (non-hydrogen) atoms. The summed E-state index contributed by atoms with van der Waals surface area (Å²) in [7, 11) is 2.71. The minimum atomic E-state index is -5.04. The molecule has 7 N–H and O–H groups in total. The Morgan fingerprint density at radius 2 is 0.852 bits per heavy atom. The zero-order valence-corrected chi connectivity index (χ0v) is 64.0. The predicted molar refractivity (Wildman–Crippen MR) is 397 cm³/mol. The highest BCUT2D eigenvalue weighted by Crippen LogP contribution is 2.42. The molecule has 0 unspecified atom stereocenters. The number of nitrogens with one attached hydrogen (secondary N) is 3. The molecule has 9 amide bonds. The highest BCUT2D eigenvalue weighted by Gasteiger charge is 2.42. The van der Waals surface area contributed by atoms with Crippen molar-refractivity contribution in [3.63, 3.8) is 0 Å². The Hall–Kier alpha value is -11.4. The Balaban J connectivity index is 0.000000228. The van der Waals surface area contributed by atoms with Crippen LogP contribution in [0, 0.1) is 35.1 Å². The fraction of sp³-hybridized carbons (Fsp3) is 0.400. The number of piperidine rings is 2. The van der Waals surface area contributed by atoms with Crippen molar-refractivity contribution in [1.82, 2.24) is 68.5 Å². The number of imidazole rings is 2. The number of aryl methyl sites for hydroxylation is 2. The fourth-order valence-electron chi connectivity index (χ4n) is 13.7. The van der Waals surface area contributed by atoms with E-state index >= 15 is 17.6 Å². The van der Waals surface area contributed by atoms with Crippen LogP contribution in [0.3, 0.4) is 0 Å². The molecule has 0 atom stereocenters. The lowest BCUT2D eigenvalue weighted by molar-refractivity contribution is -0.141. The quantitative estimate of drug-likeness (QED) is 0.0499. The molecule has 40 heteroatoms. The lowest BCUT2D eigenvalue weighted by atomic mass is 9.95. The Labute approximate surface area is 659 Å². The van der Waals surface area contributed by atoms with Crippen molar-refractivity contribution in [3.05, 3.63) is 153 Å². The third-order valence-electron chi connectivity index (χ3n) is 19.8. The van der Waals surface area contributed by atoms with Crippen molar-refractivity contribution in [1.29, 1.82) is 0 Å². The van der Waals surface area contributed by atoms with Gasteiger partial charge in [0.15, 0.2) is 46.3 Å². The van der Waals surface area contributed by atoms with Crippen LogP contribution in [0.1, 0.15) is 113 Å². The number of rotatable bonds is 18. The van der Waals surface area contributed by atoms with E-state index in [1.165, 1.54) is 55.1 Å². The van der Waals surface area contributed by atoms with Gasteiger partial charge in [0.05, 0.1) is 45.0 Å². The fourth-order valence-corrected chi connectivity index (χ4v) is 14.2. The van der Waals surface area contributed by atoms with E-state index in [0.717, 1.165) is 88.9 Å². The summed E-state index contributed by atoms with van der Waals surface area (Å²) in [6, 6.07) is 12.5. The molecule has 0 aliphatic carbocycles. The number of primary amides is 2. The average molecular weight is 1650 g/mol. The standard InChI is InChI=1S/C40H43ClF5N9O6.C35H35ClF5N9O4/c1-39(2,3)61-38(60)54-12-9-22(10-13-54)36(58)52-15-17-53(18-16-52)37(59)25-6-5-23(19-28(25)41)49-35(57)34-48-20-29(51(34)4)26-8-7-24(31(42)32(26)43)27-21-55(14-11-30(47)56)50-33(27)40(44,45)46;1-47-26(23-5-4-21(28(37)29(23)38)24-18-50(11-8-27(42)51)46-30(24)35(39,40)41)17-44-31(47)32(52)45-20-2-3-22(25(36)16-20)34(54)49-14-12-48(13-15-49)33(53)19-6-9-43-10-7-19/h5-8,19-22H,9-18H2,1-4H3,(H2,47,56)(H,49,57);2-5,16-19,43H,6-15H2,1H3,(H2,42,51)(H,45,52). The Kier molecular flexibility index (Phi) is 25.5. The van der Waals surface area contributed by atoms with E-state index in [1.54, 1.807) is 45.3 Å². The highest BCUT2D eigenvalue weighted by molar-refractivity contribution is 6.34. The second-order valence-corrected chi connectivity index (χ2v) is 29.5. The number of anilines is 2. The number of nitrogens with zero attached hydrogens (tertiary/aromatic N) is 13. The van der Waals surface area contributed by atoms with Gasteiger partial charge in [-0.25, -0.2) is 32.3 Å². The van der Waals surface area contributed by atoms with Crippen LogP contribution in [0.2, 0.25) is 10.0 Å². The number of alkyl halides is 6. The van der Waals surface area contributed by atoms with Crippen molar-refractivity contribution in [3.8, 4) is 44.8 Å². The van der Waals surface area contributed by atoms with E-state index in [2.05, 4.69) is 36.1 Å². The van der Waals surface area contributed by atoms with Gasteiger partial charge in [0.25, 0.3) is 23.6 Å². The molecular weight excluding hydrogens is 1570 g/mol. The monoisotopic (exact) mass is 1650 g/mol. The van der Waals surface area contributed by atoms with E-state index in [1.807, 2.05) is 0 Å². The number of benzene rings is 4. The maximum Gasteiger partial charge on any atom is 0.435 e. The molecule has 28 nitrogen and oxygen atoms in total. The molecule has 4 fully saturated rings. The summed E-state index contributed by atoms with van der Waals surface area (Å²) >= 11 is 13.0. The molecule has 8 heterocycles. The molecule has 0 radical (unpaired) electrons. The van der Waals surface area contributed by atoms with E-state index in [4.69, 9.17) is 39.4 Å².